The summed E-state index contributed by atoms with van der Waals surface area (Å²) in [6.07, 6.45) is 8.49. The molecule has 2 unspecified atom stereocenters. The number of esters is 1. The van der Waals surface area contributed by atoms with Crippen LogP contribution < -0.4 is 4.74 Å². The van der Waals surface area contributed by atoms with E-state index in [1.54, 1.807) is 73.9 Å². The van der Waals surface area contributed by atoms with Gasteiger partial charge in [0.05, 0.1) is 24.2 Å². The van der Waals surface area contributed by atoms with Gasteiger partial charge in [0.1, 0.15) is 17.1 Å². The molecule has 0 aliphatic carbocycles. The molecular weight excluding hydrogens is 536 g/mol. The smallest absolute Gasteiger partial charge is 0.338 e. The summed E-state index contributed by atoms with van der Waals surface area (Å²) in [7, 11) is -2.15. The zero-order valence-electron chi connectivity index (χ0n) is 23.7. The van der Waals surface area contributed by atoms with Gasteiger partial charge >= 0.3 is 5.97 Å². The standard InChI is InChI=1S/C34H40O6S/c1-3-4-9-21-33(41(36,37)31-18-12-8-13-19-31)32(40-34(35)29-16-10-7-11-17-29)20-14-5-6-15-26-39-27-28-22-24-30(38-2)25-23-28/h3,7-8,10-14,16-20,22-25,32-33H,1,4-6,9,15,21,26-27H2,2H3/b20-14+. The third-order valence-electron chi connectivity index (χ3n) is 6.65. The Balaban J connectivity index is 1.66. The predicted molar refractivity (Wildman–Crippen MR) is 163 cm³/mol. The van der Waals surface area contributed by atoms with Crippen LogP contribution >= 0.6 is 0 Å². The molecule has 0 aliphatic rings. The number of carbonyl (C=O) groups is 1. The number of unbranched alkanes of at least 4 members (excludes halogenated alkanes) is 3. The predicted octanol–water partition coefficient (Wildman–Crippen LogP) is 7.36. The van der Waals surface area contributed by atoms with Gasteiger partial charge in [0, 0.05) is 6.61 Å². The Hall–Kier alpha value is -3.68. The van der Waals surface area contributed by atoms with E-state index in [4.69, 9.17) is 14.2 Å². The lowest BCUT2D eigenvalue weighted by molar-refractivity contribution is 0.0382. The van der Waals surface area contributed by atoms with Crippen molar-refractivity contribution >= 4 is 15.8 Å². The molecule has 0 saturated carbocycles. The first kappa shape index (κ1) is 31.8. The van der Waals surface area contributed by atoms with Gasteiger partial charge in [-0.1, -0.05) is 60.7 Å². The summed E-state index contributed by atoms with van der Waals surface area (Å²) in [5.74, 6) is 0.261. The topological polar surface area (TPSA) is 78.9 Å². The highest BCUT2D eigenvalue weighted by Crippen LogP contribution is 2.26. The molecule has 2 atom stereocenters. The molecule has 0 bridgehead atoms. The van der Waals surface area contributed by atoms with Crippen molar-refractivity contribution in [2.24, 2.45) is 0 Å². The van der Waals surface area contributed by atoms with E-state index in [9.17, 15) is 13.2 Å². The molecule has 3 aromatic rings. The van der Waals surface area contributed by atoms with E-state index in [0.29, 0.717) is 44.5 Å². The van der Waals surface area contributed by atoms with Gasteiger partial charge in [0.25, 0.3) is 0 Å². The lowest BCUT2D eigenvalue weighted by atomic mass is 10.1. The van der Waals surface area contributed by atoms with Crippen LogP contribution in [0.25, 0.3) is 0 Å². The summed E-state index contributed by atoms with van der Waals surface area (Å²) in [6.45, 7) is 4.90. The number of rotatable bonds is 18. The molecule has 0 N–H and O–H groups in total. The maximum atomic E-state index is 13.8. The molecule has 41 heavy (non-hydrogen) atoms. The van der Waals surface area contributed by atoms with Crippen LogP contribution in [0.5, 0.6) is 5.75 Å². The van der Waals surface area contributed by atoms with Crippen molar-refractivity contribution in [1.29, 1.82) is 0 Å². The highest BCUT2D eigenvalue weighted by atomic mass is 32.2. The van der Waals surface area contributed by atoms with Crippen molar-refractivity contribution in [3.63, 3.8) is 0 Å². The van der Waals surface area contributed by atoms with Crippen molar-refractivity contribution in [2.45, 2.75) is 61.4 Å². The third-order valence-corrected chi connectivity index (χ3v) is 8.88. The largest absolute Gasteiger partial charge is 0.497 e. The van der Waals surface area contributed by atoms with Crippen LogP contribution in [0.3, 0.4) is 0 Å². The highest BCUT2D eigenvalue weighted by Gasteiger charge is 2.35. The van der Waals surface area contributed by atoms with E-state index >= 15 is 0 Å². The highest BCUT2D eigenvalue weighted by molar-refractivity contribution is 7.92. The van der Waals surface area contributed by atoms with E-state index in [2.05, 4.69) is 6.58 Å². The van der Waals surface area contributed by atoms with Crippen LogP contribution in [-0.2, 0) is 25.9 Å². The third kappa shape index (κ3) is 10.3. The van der Waals surface area contributed by atoms with Gasteiger partial charge in [-0.25, -0.2) is 13.2 Å². The second kappa shape index (κ2) is 17.2. The zero-order chi connectivity index (χ0) is 29.3. The van der Waals surface area contributed by atoms with E-state index in [-0.39, 0.29) is 4.90 Å². The fraction of sp³-hybridized carbons (Fsp3) is 0.324. The Morgan fingerprint density at radius 3 is 2.22 bits per heavy atom. The van der Waals surface area contributed by atoms with Crippen LogP contribution in [-0.4, -0.2) is 39.5 Å². The summed E-state index contributed by atoms with van der Waals surface area (Å²) in [5, 5.41) is -0.929. The van der Waals surface area contributed by atoms with Crippen LogP contribution in [0.15, 0.2) is 115 Å². The quantitative estimate of drug-likeness (QED) is 0.0894. The van der Waals surface area contributed by atoms with Gasteiger partial charge in [0.15, 0.2) is 9.84 Å². The SMILES string of the molecule is C=CCCCC(C(/C=C/CCCCOCc1ccc(OC)cc1)OC(=O)c1ccccc1)S(=O)(=O)c1ccccc1. The van der Waals surface area contributed by atoms with Crippen LogP contribution in [0.2, 0.25) is 0 Å². The van der Waals surface area contributed by atoms with Crippen LogP contribution in [0.4, 0.5) is 0 Å². The summed E-state index contributed by atoms with van der Waals surface area (Å²) in [6, 6.07) is 24.8. The van der Waals surface area contributed by atoms with Crippen LogP contribution in [0.1, 0.15) is 54.4 Å². The van der Waals surface area contributed by atoms with Crippen LogP contribution in [0, 0.1) is 0 Å². The minimum absolute atomic E-state index is 0.215. The monoisotopic (exact) mass is 576 g/mol. The van der Waals surface area contributed by atoms with Gasteiger partial charge < -0.3 is 14.2 Å². The lowest BCUT2D eigenvalue weighted by Crippen LogP contribution is -2.36. The molecule has 3 aromatic carbocycles. The summed E-state index contributed by atoms with van der Waals surface area (Å²) >= 11 is 0. The summed E-state index contributed by atoms with van der Waals surface area (Å²) in [5.41, 5.74) is 1.46. The molecule has 0 aromatic heterocycles. The summed E-state index contributed by atoms with van der Waals surface area (Å²) in [4.78, 5) is 13.2. The lowest BCUT2D eigenvalue weighted by Gasteiger charge is -2.25. The number of hydrogen-bond acceptors (Lipinski definition) is 6. The Kier molecular flexibility index (Phi) is 13.4. The number of benzene rings is 3. The van der Waals surface area contributed by atoms with Crippen molar-refractivity contribution in [3.05, 3.63) is 121 Å². The Bertz CT molecular complexity index is 1320. The zero-order valence-corrected chi connectivity index (χ0v) is 24.5. The van der Waals surface area contributed by atoms with E-state index in [1.165, 1.54) is 0 Å². The average molecular weight is 577 g/mol. The molecule has 0 fully saturated rings. The molecule has 218 valence electrons. The normalized spacial score (nSPS) is 13.0. The van der Waals surface area contributed by atoms with E-state index < -0.39 is 27.2 Å². The number of hydrogen-bond donors (Lipinski definition) is 0. The molecule has 0 radical (unpaired) electrons. The van der Waals surface area contributed by atoms with E-state index in [0.717, 1.165) is 24.2 Å². The number of sulfone groups is 1. The second-order valence-corrected chi connectivity index (χ2v) is 11.8. The second-order valence-electron chi connectivity index (χ2n) is 9.68. The molecule has 6 nitrogen and oxygen atoms in total. The van der Waals surface area contributed by atoms with Crippen molar-refractivity contribution in [3.8, 4) is 5.75 Å². The van der Waals surface area contributed by atoms with Crippen molar-refractivity contribution < 1.29 is 27.4 Å². The average Bonchev–Trinajstić information content (AvgIpc) is 3.01. The maximum absolute atomic E-state index is 13.8. The van der Waals surface area contributed by atoms with Crippen molar-refractivity contribution in [2.75, 3.05) is 13.7 Å². The Morgan fingerprint density at radius 2 is 1.56 bits per heavy atom. The molecule has 0 spiro atoms. The van der Waals surface area contributed by atoms with E-state index in [1.807, 2.05) is 36.4 Å². The number of methoxy groups -OCH3 is 1. The van der Waals surface area contributed by atoms with Gasteiger partial charge in [-0.3, -0.25) is 0 Å². The number of carbonyl (C=O) groups excluding carboxylic acids is 1. The van der Waals surface area contributed by atoms with Gasteiger partial charge in [-0.2, -0.15) is 0 Å². The first-order valence-corrected chi connectivity index (χ1v) is 15.5. The van der Waals surface area contributed by atoms with Gasteiger partial charge in [-0.15, -0.1) is 6.58 Å². The molecular formula is C34H40O6S. The number of ether oxygens (including phenoxy) is 3. The summed E-state index contributed by atoms with van der Waals surface area (Å²) < 4.78 is 44.4. The first-order valence-electron chi connectivity index (χ1n) is 14.0. The molecule has 0 saturated heterocycles. The fourth-order valence-corrected chi connectivity index (χ4v) is 6.22. The Labute approximate surface area is 244 Å². The fourth-order valence-electron chi connectivity index (χ4n) is 4.36. The molecule has 0 amide bonds. The maximum Gasteiger partial charge on any atom is 0.338 e. The Morgan fingerprint density at radius 1 is 0.878 bits per heavy atom. The van der Waals surface area contributed by atoms with Gasteiger partial charge in [-0.05, 0) is 86.6 Å². The molecule has 3 rings (SSSR count). The minimum atomic E-state index is -3.78. The minimum Gasteiger partial charge on any atom is -0.497 e. The molecule has 0 aliphatic heterocycles. The molecule has 0 heterocycles. The molecule has 7 heteroatoms. The number of allylic oxidation sites excluding steroid dienone is 2. The van der Waals surface area contributed by atoms with Gasteiger partial charge in [0.2, 0.25) is 0 Å². The van der Waals surface area contributed by atoms with Crippen molar-refractivity contribution in [1.82, 2.24) is 0 Å². The first-order chi connectivity index (χ1) is 20.0.